The van der Waals surface area contributed by atoms with Crippen LogP contribution in [0.25, 0.3) is 5.57 Å². The van der Waals surface area contributed by atoms with E-state index in [1.807, 2.05) is 0 Å². The molecule has 0 spiro atoms. The van der Waals surface area contributed by atoms with Crippen LogP contribution in [0.2, 0.25) is 0 Å². The van der Waals surface area contributed by atoms with Crippen LogP contribution < -0.4 is 5.73 Å². The molecule has 1 aliphatic carbocycles. The maximum absolute atomic E-state index is 11.1. The standard InChI is InChI=1S/C17H22N2O/c1-11-3-4-13-12(5-6-17(18)20)14-7-8-19(2)10-16(14)15(13)9-11/h3-4,9,12H,5-8,10H2,1-2H3,(H2,18,20). The molecular weight excluding hydrogens is 248 g/mol. The van der Waals surface area contributed by atoms with E-state index in [0.717, 1.165) is 25.9 Å². The number of nitrogens with two attached hydrogens (primary N) is 1. The Balaban J connectivity index is 2.00. The molecule has 106 valence electrons. The average molecular weight is 270 g/mol. The third-order valence-corrected chi connectivity index (χ3v) is 4.59. The monoisotopic (exact) mass is 270 g/mol. The normalized spacial score (nSPS) is 21.8. The highest BCUT2D eigenvalue weighted by atomic mass is 16.1. The van der Waals surface area contributed by atoms with Gasteiger partial charge in [0.1, 0.15) is 0 Å². The van der Waals surface area contributed by atoms with E-state index < -0.39 is 0 Å². The molecule has 1 amide bonds. The zero-order chi connectivity index (χ0) is 14.3. The molecule has 2 N–H and O–H groups in total. The van der Waals surface area contributed by atoms with E-state index in [4.69, 9.17) is 5.73 Å². The highest BCUT2D eigenvalue weighted by Crippen LogP contribution is 2.47. The molecule has 0 aromatic heterocycles. The summed E-state index contributed by atoms with van der Waals surface area (Å²) in [4.78, 5) is 13.5. The van der Waals surface area contributed by atoms with Crippen molar-refractivity contribution in [3.63, 3.8) is 0 Å². The fraction of sp³-hybridized carbons (Fsp3) is 0.471. The third kappa shape index (κ3) is 2.27. The van der Waals surface area contributed by atoms with Crippen molar-refractivity contribution in [1.29, 1.82) is 0 Å². The van der Waals surface area contributed by atoms with Gasteiger partial charge in [-0.25, -0.2) is 0 Å². The van der Waals surface area contributed by atoms with Crippen molar-refractivity contribution in [3.05, 3.63) is 40.5 Å². The molecule has 1 aromatic rings. The molecule has 1 atom stereocenters. The van der Waals surface area contributed by atoms with Crippen molar-refractivity contribution in [1.82, 2.24) is 4.90 Å². The van der Waals surface area contributed by atoms with Crippen molar-refractivity contribution in [2.24, 2.45) is 5.73 Å². The third-order valence-electron chi connectivity index (χ3n) is 4.59. The number of benzene rings is 1. The van der Waals surface area contributed by atoms with Gasteiger partial charge in [-0.15, -0.1) is 0 Å². The van der Waals surface area contributed by atoms with E-state index >= 15 is 0 Å². The Kier molecular flexibility index (Phi) is 3.38. The summed E-state index contributed by atoms with van der Waals surface area (Å²) >= 11 is 0. The quantitative estimate of drug-likeness (QED) is 0.917. The van der Waals surface area contributed by atoms with Gasteiger partial charge in [0.2, 0.25) is 5.91 Å². The summed E-state index contributed by atoms with van der Waals surface area (Å²) in [6, 6.07) is 6.72. The Labute approximate surface area is 120 Å². The van der Waals surface area contributed by atoms with Crippen LogP contribution in [0.5, 0.6) is 0 Å². The fourth-order valence-corrected chi connectivity index (χ4v) is 3.59. The Hall–Kier alpha value is -1.61. The molecule has 1 aromatic carbocycles. The second kappa shape index (κ2) is 5.06. The number of carbonyl (C=O) groups excluding carboxylic acids is 1. The van der Waals surface area contributed by atoms with Gasteiger partial charge < -0.3 is 10.6 Å². The molecule has 0 saturated heterocycles. The van der Waals surface area contributed by atoms with Gasteiger partial charge in [-0.3, -0.25) is 4.79 Å². The minimum atomic E-state index is -0.194. The van der Waals surface area contributed by atoms with Gasteiger partial charge in [-0.1, -0.05) is 29.3 Å². The average Bonchev–Trinajstić information content (AvgIpc) is 2.69. The van der Waals surface area contributed by atoms with Gasteiger partial charge in [0, 0.05) is 25.4 Å². The molecule has 1 heterocycles. The first-order chi connectivity index (χ1) is 9.56. The lowest BCUT2D eigenvalue weighted by atomic mass is 9.88. The molecule has 0 fully saturated rings. The molecule has 3 nitrogen and oxygen atoms in total. The number of rotatable bonds is 3. The van der Waals surface area contributed by atoms with Gasteiger partial charge >= 0.3 is 0 Å². The van der Waals surface area contributed by atoms with Crippen molar-refractivity contribution < 1.29 is 4.79 Å². The van der Waals surface area contributed by atoms with E-state index in [2.05, 4.69) is 37.1 Å². The van der Waals surface area contributed by atoms with E-state index in [9.17, 15) is 4.79 Å². The van der Waals surface area contributed by atoms with Crippen LogP contribution in [0.3, 0.4) is 0 Å². The lowest BCUT2D eigenvalue weighted by Crippen LogP contribution is -2.26. The van der Waals surface area contributed by atoms with Crippen LogP contribution >= 0.6 is 0 Å². The summed E-state index contributed by atoms with van der Waals surface area (Å²) in [6.07, 6.45) is 2.45. The topological polar surface area (TPSA) is 46.3 Å². The molecule has 2 aliphatic rings. The SMILES string of the molecule is Cc1ccc2c(c1)C1=C(CCN(C)C1)C2CCC(N)=O. The van der Waals surface area contributed by atoms with Crippen LogP contribution in [0.4, 0.5) is 0 Å². The van der Waals surface area contributed by atoms with Gasteiger partial charge in [-0.2, -0.15) is 0 Å². The van der Waals surface area contributed by atoms with Crippen molar-refractivity contribution in [3.8, 4) is 0 Å². The number of hydrogen-bond acceptors (Lipinski definition) is 2. The Morgan fingerprint density at radius 1 is 1.45 bits per heavy atom. The molecule has 3 rings (SSSR count). The Bertz CT molecular complexity index is 589. The second-order valence-electron chi connectivity index (χ2n) is 6.14. The first-order valence-electron chi connectivity index (χ1n) is 7.36. The van der Waals surface area contributed by atoms with E-state index in [1.54, 1.807) is 5.57 Å². The molecule has 1 unspecified atom stereocenters. The summed E-state index contributed by atoms with van der Waals surface area (Å²) in [5, 5.41) is 0. The summed E-state index contributed by atoms with van der Waals surface area (Å²) in [6.45, 7) is 4.28. The van der Waals surface area contributed by atoms with E-state index in [1.165, 1.54) is 22.3 Å². The van der Waals surface area contributed by atoms with Crippen LogP contribution in [0.1, 0.15) is 41.9 Å². The zero-order valence-corrected chi connectivity index (χ0v) is 12.3. The fourth-order valence-electron chi connectivity index (χ4n) is 3.59. The maximum Gasteiger partial charge on any atom is 0.217 e. The van der Waals surface area contributed by atoms with E-state index in [-0.39, 0.29) is 5.91 Å². The van der Waals surface area contributed by atoms with Crippen LogP contribution in [0.15, 0.2) is 23.8 Å². The Morgan fingerprint density at radius 2 is 2.25 bits per heavy atom. The van der Waals surface area contributed by atoms with Crippen molar-refractivity contribution in [2.45, 2.75) is 32.1 Å². The molecular formula is C17H22N2O. The number of likely N-dealkylation sites (N-methyl/N-ethyl adjacent to an activating group) is 1. The molecule has 0 radical (unpaired) electrons. The van der Waals surface area contributed by atoms with Gasteiger partial charge in [0.15, 0.2) is 0 Å². The van der Waals surface area contributed by atoms with Crippen LogP contribution in [0, 0.1) is 6.92 Å². The van der Waals surface area contributed by atoms with Gasteiger partial charge in [0.05, 0.1) is 0 Å². The molecule has 0 bridgehead atoms. The first kappa shape index (κ1) is 13.4. The molecule has 0 saturated carbocycles. The second-order valence-corrected chi connectivity index (χ2v) is 6.14. The number of hydrogen-bond donors (Lipinski definition) is 1. The lowest BCUT2D eigenvalue weighted by molar-refractivity contribution is -0.118. The smallest absolute Gasteiger partial charge is 0.217 e. The Morgan fingerprint density at radius 3 is 3.00 bits per heavy atom. The number of primary amides is 1. The minimum Gasteiger partial charge on any atom is -0.370 e. The number of fused-ring (bicyclic) bond motifs is 2. The highest BCUT2D eigenvalue weighted by molar-refractivity contribution is 5.81. The maximum atomic E-state index is 11.1. The lowest BCUT2D eigenvalue weighted by Gasteiger charge is -2.26. The van der Waals surface area contributed by atoms with Crippen molar-refractivity contribution >= 4 is 11.5 Å². The molecule has 3 heteroatoms. The van der Waals surface area contributed by atoms with Gasteiger partial charge in [-0.05, 0) is 43.5 Å². The largest absolute Gasteiger partial charge is 0.370 e. The summed E-state index contributed by atoms with van der Waals surface area (Å²) in [5.74, 6) is 0.211. The molecule has 1 aliphatic heterocycles. The summed E-state index contributed by atoms with van der Waals surface area (Å²) in [7, 11) is 2.18. The summed E-state index contributed by atoms with van der Waals surface area (Å²) < 4.78 is 0. The minimum absolute atomic E-state index is 0.194. The zero-order valence-electron chi connectivity index (χ0n) is 12.3. The van der Waals surface area contributed by atoms with Crippen molar-refractivity contribution in [2.75, 3.05) is 20.1 Å². The summed E-state index contributed by atoms with van der Waals surface area (Å²) in [5.41, 5.74) is 12.5. The van der Waals surface area contributed by atoms with E-state index in [0.29, 0.717) is 12.3 Å². The number of nitrogens with zero attached hydrogens (tertiary/aromatic N) is 1. The first-order valence-corrected chi connectivity index (χ1v) is 7.36. The number of carbonyl (C=O) groups is 1. The number of aryl methyl sites for hydroxylation is 1. The highest BCUT2D eigenvalue weighted by Gasteiger charge is 2.33. The predicted molar refractivity (Wildman–Crippen MR) is 81.4 cm³/mol. The predicted octanol–water partition coefficient (Wildman–Crippen LogP) is 2.45. The molecule has 20 heavy (non-hydrogen) atoms. The van der Waals surface area contributed by atoms with Gasteiger partial charge in [0.25, 0.3) is 0 Å². The van der Waals surface area contributed by atoms with Crippen LogP contribution in [-0.2, 0) is 4.79 Å². The number of amides is 1. The van der Waals surface area contributed by atoms with Crippen LogP contribution in [-0.4, -0.2) is 30.9 Å².